The molecule has 0 amide bonds. The molecular formula is C19H38N2O. The maximum absolute atomic E-state index is 8.39. The second kappa shape index (κ2) is 18.5. The summed E-state index contributed by atoms with van der Waals surface area (Å²) in [6.07, 6.45) is 13.9. The number of hydrogen-bond acceptors (Lipinski definition) is 3. The lowest BCUT2D eigenvalue weighted by atomic mass is 9.96. The predicted octanol–water partition coefficient (Wildman–Crippen LogP) is 5.06. The van der Waals surface area contributed by atoms with E-state index in [0.29, 0.717) is 6.42 Å². The highest BCUT2D eigenvalue weighted by Crippen LogP contribution is 2.17. The van der Waals surface area contributed by atoms with Gasteiger partial charge in [-0.15, -0.1) is 0 Å². The monoisotopic (exact) mass is 310 g/mol. The van der Waals surface area contributed by atoms with Crippen molar-refractivity contribution in [1.29, 1.82) is 5.26 Å². The van der Waals surface area contributed by atoms with Gasteiger partial charge in [0, 0.05) is 26.2 Å². The first-order valence-electron chi connectivity index (χ1n) is 9.50. The number of hydrogen-bond donors (Lipinski definition) is 1. The van der Waals surface area contributed by atoms with Crippen LogP contribution in [0.1, 0.15) is 84.5 Å². The Labute approximate surface area is 138 Å². The molecule has 130 valence electrons. The van der Waals surface area contributed by atoms with Gasteiger partial charge in [0.1, 0.15) is 0 Å². The molecular weight excluding hydrogens is 272 g/mol. The van der Waals surface area contributed by atoms with Crippen molar-refractivity contribution in [2.75, 3.05) is 26.3 Å². The van der Waals surface area contributed by atoms with Gasteiger partial charge in [-0.25, -0.2) is 0 Å². The highest BCUT2D eigenvalue weighted by Gasteiger charge is 2.02. The van der Waals surface area contributed by atoms with E-state index in [-0.39, 0.29) is 0 Å². The Balaban J connectivity index is 3.04. The Bertz CT molecular complexity index is 246. The molecule has 0 unspecified atom stereocenters. The fourth-order valence-electron chi connectivity index (χ4n) is 2.71. The van der Waals surface area contributed by atoms with E-state index < -0.39 is 0 Å². The standard InChI is InChI=1S/C19H38N2O/c1-3-19(4-2)13-9-7-5-6-8-10-17-22-18-12-16-21-15-11-14-20/h19,21H,3-13,15-18H2,1-2H3. The number of nitrogens with one attached hydrogen (secondary N) is 1. The molecule has 0 bridgehead atoms. The van der Waals surface area contributed by atoms with Crippen LogP contribution >= 0.6 is 0 Å². The van der Waals surface area contributed by atoms with Crippen LogP contribution in [0.5, 0.6) is 0 Å². The molecule has 3 nitrogen and oxygen atoms in total. The topological polar surface area (TPSA) is 45.0 Å². The van der Waals surface area contributed by atoms with E-state index in [4.69, 9.17) is 10.00 Å². The first-order chi connectivity index (χ1) is 10.8. The van der Waals surface area contributed by atoms with Gasteiger partial charge in [0.15, 0.2) is 0 Å². The second-order valence-electron chi connectivity index (χ2n) is 6.22. The largest absolute Gasteiger partial charge is 0.381 e. The maximum atomic E-state index is 8.39. The molecule has 0 saturated heterocycles. The Kier molecular flexibility index (Phi) is 18.0. The second-order valence-corrected chi connectivity index (χ2v) is 6.22. The minimum atomic E-state index is 0.596. The highest BCUT2D eigenvalue weighted by molar-refractivity contribution is 4.69. The van der Waals surface area contributed by atoms with Crippen LogP contribution in [0, 0.1) is 17.2 Å². The van der Waals surface area contributed by atoms with Gasteiger partial charge >= 0.3 is 0 Å². The van der Waals surface area contributed by atoms with Crippen molar-refractivity contribution in [1.82, 2.24) is 5.32 Å². The predicted molar refractivity (Wildman–Crippen MR) is 94.9 cm³/mol. The lowest BCUT2D eigenvalue weighted by Gasteiger charge is -2.11. The molecule has 0 heterocycles. The van der Waals surface area contributed by atoms with Crippen molar-refractivity contribution in [2.24, 2.45) is 5.92 Å². The molecule has 1 N–H and O–H groups in total. The molecule has 0 aliphatic carbocycles. The first kappa shape index (κ1) is 21.4. The van der Waals surface area contributed by atoms with E-state index in [1.165, 1.54) is 57.8 Å². The maximum Gasteiger partial charge on any atom is 0.0635 e. The fourth-order valence-corrected chi connectivity index (χ4v) is 2.71. The summed E-state index contributed by atoms with van der Waals surface area (Å²) in [6.45, 7) is 8.14. The number of nitrogens with zero attached hydrogens (tertiary/aromatic N) is 1. The van der Waals surface area contributed by atoms with Gasteiger partial charge < -0.3 is 10.1 Å². The van der Waals surface area contributed by atoms with Crippen molar-refractivity contribution >= 4 is 0 Å². The molecule has 0 radical (unpaired) electrons. The molecule has 0 atom stereocenters. The third kappa shape index (κ3) is 15.8. The molecule has 0 fully saturated rings. The Morgan fingerprint density at radius 1 is 0.864 bits per heavy atom. The quantitative estimate of drug-likeness (QED) is 0.382. The summed E-state index contributed by atoms with van der Waals surface area (Å²) in [5.74, 6) is 0.961. The van der Waals surface area contributed by atoms with Crippen molar-refractivity contribution in [3.8, 4) is 6.07 Å². The lowest BCUT2D eigenvalue weighted by Crippen LogP contribution is -2.17. The zero-order valence-corrected chi connectivity index (χ0v) is 15.0. The summed E-state index contributed by atoms with van der Waals surface area (Å²) in [5.41, 5.74) is 0. The minimum Gasteiger partial charge on any atom is -0.381 e. The number of unbranched alkanes of at least 4 members (excludes halogenated alkanes) is 5. The van der Waals surface area contributed by atoms with Gasteiger partial charge in [-0.1, -0.05) is 65.2 Å². The molecule has 0 aromatic heterocycles. The molecule has 0 aromatic rings. The van der Waals surface area contributed by atoms with E-state index in [0.717, 1.165) is 38.6 Å². The third-order valence-corrected chi connectivity index (χ3v) is 4.36. The summed E-state index contributed by atoms with van der Waals surface area (Å²) < 4.78 is 5.62. The Morgan fingerprint density at radius 2 is 1.50 bits per heavy atom. The molecule has 3 heteroatoms. The van der Waals surface area contributed by atoms with Crippen LogP contribution < -0.4 is 5.32 Å². The first-order valence-corrected chi connectivity index (χ1v) is 9.50. The normalized spacial score (nSPS) is 11.0. The van der Waals surface area contributed by atoms with Crippen LogP contribution in [0.2, 0.25) is 0 Å². The van der Waals surface area contributed by atoms with E-state index in [9.17, 15) is 0 Å². The van der Waals surface area contributed by atoms with E-state index in [1.54, 1.807) is 0 Å². The van der Waals surface area contributed by atoms with Gasteiger partial charge in [0.2, 0.25) is 0 Å². The SMILES string of the molecule is CCC(CC)CCCCCCCCOCCCNCCC#N. The number of nitriles is 1. The van der Waals surface area contributed by atoms with Crippen LogP contribution in [0.3, 0.4) is 0 Å². The number of ether oxygens (including phenoxy) is 1. The summed E-state index contributed by atoms with van der Waals surface area (Å²) >= 11 is 0. The van der Waals surface area contributed by atoms with Crippen molar-refractivity contribution < 1.29 is 4.74 Å². The molecule has 22 heavy (non-hydrogen) atoms. The van der Waals surface area contributed by atoms with E-state index in [2.05, 4.69) is 25.2 Å². The average Bonchev–Trinajstić information content (AvgIpc) is 2.55. The molecule has 0 rings (SSSR count). The van der Waals surface area contributed by atoms with Crippen LogP contribution in [0.25, 0.3) is 0 Å². The van der Waals surface area contributed by atoms with E-state index in [1.807, 2.05) is 0 Å². The van der Waals surface area contributed by atoms with Crippen LogP contribution in [0.15, 0.2) is 0 Å². The van der Waals surface area contributed by atoms with Gasteiger partial charge in [-0.2, -0.15) is 5.26 Å². The summed E-state index contributed by atoms with van der Waals surface area (Å²) in [6, 6.07) is 2.13. The molecule has 0 spiro atoms. The van der Waals surface area contributed by atoms with Crippen molar-refractivity contribution in [3.63, 3.8) is 0 Å². The van der Waals surface area contributed by atoms with Gasteiger partial charge in [0.25, 0.3) is 0 Å². The molecule has 0 aromatic carbocycles. The average molecular weight is 311 g/mol. The molecule has 0 aliphatic rings. The lowest BCUT2D eigenvalue weighted by molar-refractivity contribution is 0.127. The minimum absolute atomic E-state index is 0.596. The van der Waals surface area contributed by atoms with Gasteiger partial charge in [-0.05, 0) is 25.3 Å². The number of rotatable bonds is 17. The third-order valence-electron chi connectivity index (χ3n) is 4.36. The van der Waals surface area contributed by atoms with Crippen LogP contribution in [-0.2, 0) is 4.74 Å². The van der Waals surface area contributed by atoms with Gasteiger partial charge in [-0.3, -0.25) is 0 Å². The Morgan fingerprint density at radius 3 is 2.18 bits per heavy atom. The van der Waals surface area contributed by atoms with Crippen LogP contribution in [0.4, 0.5) is 0 Å². The van der Waals surface area contributed by atoms with Crippen molar-refractivity contribution in [3.05, 3.63) is 0 Å². The van der Waals surface area contributed by atoms with Crippen LogP contribution in [-0.4, -0.2) is 26.3 Å². The summed E-state index contributed by atoms with van der Waals surface area (Å²) in [7, 11) is 0. The highest BCUT2D eigenvalue weighted by atomic mass is 16.5. The van der Waals surface area contributed by atoms with Gasteiger partial charge in [0.05, 0.1) is 6.07 Å². The zero-order valence-electron chi connectivity index (χ0n) is 15.0. The van der Waals surface area contributed by atoms with E-state index >= 15 is 0 Å². The zero-order chi connectivity index (χ0) is 16.3. The smallest absolute Gasteiger partial charge is 0.0635 e. The van der Waals surface area contributed by atoms with Crippen molar-refractivity contribution in [2.45, 2.75) is 84.5 Å². The summed E-state index contributed by atoms with van der Waals surface area (Å²) in [5, 5.41) is 11.6. The Hall–Kier alpha value is -0.590. The molecule has 0 saturated carbocycles. The molecule has 0 aliphatic heterocycles. The fraction of sp³-hybridized carbons (Fsp3) is 0.947. The summed E-state index contributed by atoms with van der Waals surface area (Å²) in [4.78, 5) is 0.